The molecule has 0 bridgehead atoms. The molecule has 11 heteroatoms. The molecule has 3 amide bonds. The van der Waals surface area contributed by atoms with Crippen LogP contribution in [0.25, 0.3) is 0 Å². The molecule has 196 valence electrons. The molecule has 37 heavy (non-hydrogen) atoms. The average molecular weight is 526 g/mol. The van der Waals surface area contributed by atoms with Gasteiger partial charge in [-0.25, -0.2) is 0 Å². The van der Waals surface area contributed by atoms with E-state index in [1.54, 1.807) is 36.4 Å². The molecule has 3 rings (SSSR count). The third kappa shape index (κ3) is 6.56. The van der Waals surface area contributed by atoms with Gasteiger partial charge in [-0.05, 0) is 47.6 Å². The Kier molecular flexibility index (Phi) is 9.07. The molecule has 0 radical (unpaired) electrons. The molecular formula is C26H31N5O5S. The molecule has 0 aliphatic rings. The number of ether oxygens (including phenoxy) is 1. The number of para-hydroxylation sites is 1. The number of carbonyl (C=O) groups is 3. The molecule has 0 spiro atoms. The summed E-state index contributed by atoms with van der Waals surface area (Å²) in [5.74, 6) is -0.963. The third-order valence-corrected chi connectivity index (χ3v) is 6.59. The predicted molar refractivity (Wildman–Crippen MR) is 141 cm³/mol. The van der Waals surface area contributed by atoms with E-state index in [9.17, 15) is 19.5 Å². The van der Waals surface area contributed by atoms with Gasteiger partial charge >= 0.3 is 0 Å². The predicted octanol–water partition coefficient (Wildman–Crippen LogP) is 3.08. The number of phenols is 1. The Labute approximate surface area is 219 Å². The molecule has 10 nitrogen and oxygen atoms in total. The number of primary amides is 1. The van der Waals surface area contributed by atoms with E-state index in [1.807, 2.05) is 13.8 Å². The Morgan fingerprint density at radius 1 is 1.14 bits per heavy atom. The maximum absolute atomic E-state index is 14.0. The summed E-state index contributed by atoms with van der Waals surface area (Å²) in [7, 11) is 1.52. The van der Waals surface area contributed by atoms with Gasteiger partial charge in [0.25, 0.3) is 11.8 Å². The Balaban J connectivity index is 2.13. The number of hydrogen-bond donors (Lipinski definition) is 4. The number of aromatic nitrogens is 1. The molecule has 0 aliphatic heterocycles. The number of amides is 3. The quantitative estimate of drug-likeness (QED) is 0.299. The van der Waals surface area contributed by atoms with Crippen LogP contribution in [-0.4, -0.2) is 45.8 Å². The molecular weight excluding hydrogens is 494 g/mol. The molecule has 0 fully saturated rings. The van der Waals surface area contributed by atoms with Crippen molar-refractivity contribution in [2.75, 3.05) is 19.4 Å². The van der Waals surface area contributed by atoms with Crippen LogP contribution in [0, 0.1) is 5.92 Å². The highest BCUT2D eigenvalue weighted by molar-refractivity contribution is 7.09. The van der Waals surface area contributed by atoms with E-state index < -0.39 is 23.8 Å². The monoisotopic (exact) mass is 525 g/mol. The van der Waals surface area contributed by atoms with Crippen LogP contribution in [0.5, 0.6) is 11.5 Å². The van der Waals surface area contributed by atoms with E-state index >= 15 is 0 Å². The van der Waals surface area contributed by atoms with Gasteiger partial charge in [-0.1, -0.05) is 44.2 Å². The number of benzene rings is 2. The van der Waals surface area contributed by atoms with Crippen LogP contribution >= 0.6 is 11.5 Å². The second-order valence-corrected chi connectivity index (χ2v) is 9.62. The second kappa shape index (κ2) is 12.2. The lowest BCUT2D eigenvalue weighted by molar-refractivity contribution is -0.126. The maximum Gasteiger partial charge on any atom is 0.270 e. The van der Waals surface area contributed by atoms with Gasteiger partial charge in [0.15, 0.2) is 5.69 Å². The van der Waals surface area contributed by atoms with Crippen LogP contribution in [0.1, 0.15) is 57.6 Å². The number of nitrogens with two attached hydrogens (primary N) is 2. The first kappa shape index (κ1) is 27.5. The first-order chi connectivity index (χ1) is 17.6. The van der Waals surface area contributed by atoms with Crippen molar-refractivity contribution >= 4 is 34.9 Å². The Hall–Kier alpha value is -4.12. The molecule has 3 aromatic rings. The van der Waals surface area contributed by atoms with Crippen molar-refractivity contribution in [2.24, 2.45) is 11.7 Å². The van der Waals surface area contributed by atoms with Crippen molar-refractivity contribution < 1.29 is 24.2 Å². The summed E-state index contributed by atoms with van der Waals surface area (Å²) >= 11 is 0.740. The molecule has 1 aromatic heterocycles. The van der Waals surface area contributed by atoms with Crippen molar-refractivity contribution in [1.29, 1.82) is 0 Å². The van der Waals surface area contributed by atoms with Gasteiger partial charge in [-0.3, -0.25) is 14.4 Å². The highest BCUT2D eigenvalue weighted by Crippen LogP contribution is 2.32. The lowest BCUT2D eigenvalue weighted by Crippen LogP contribution is -2.43. The summed E-state index contributed by atoms with van der Waals surface area (Å²) in [5, 5.41) is 12.8. The molecule has 0 saturated carbocycles. The van der Waals surface area contributed by atoms with Crippen LogP contribution in [0.3, 0.4) is 0 Å². The van der Waals surface area contributed by atoms with Gasteiger partial charge in [-0.15, -0.1) is 0 Å². The Morgan fingerprint density at radius 3 is 2.41 bits per heavy atom. The number of anilines is 1. The summed E-state index contributed by atoms with van der Waals surface area (Å²) < 4.78 is 9.43. The van der Waals surface area contributed by atoms with Crippen LogP contribution in [-0.2, 0) is 11.3 Å². The summed E-state index contributed by atoms with van der Waals surface area (Å²) in [5.41, 5.74) is 12.2. The van der Waals surface area contributed by atoms with Crippen LogP contribution in [0.4, 0.5) is 5.69 Å². The minimum atomic E-state index is -1.09. The summed E-state index contributed by atoms with van der Waals surface area (Å²) in [6.07, 6.45) is 0.748. The number of phenolic OH excluding ortho intramolecular Hbond substituents is 1. The zero-order valence-corrected chi connectivity index (χ0v) is 21.7. The smallest absolute Gasteiger partial charge is 0.270 e. The summed E-state index contributed by atoms with van der Waals surface area (Å²) in [6, 6.07) is 12.1. The fourth-order valence-corrected chi connectivity index (χ4v) is 4.53. The van der Waals surface area contributed by atoms with Gasteiger partial charge in [0.05, 0.1) is 19.3 Å². The largest absolute Gasteiger partial charge is 0.508 e. The van der Waals surface area contributed by atoms with Crippen LogP contribution in [0.15, 0.2) is 48.5 Å². The second-order valence-electron chi connectivity index (χ2n) is 8.85. The highest BCUT2D eigenvalue weighted by atomic mass is 32.1. The van der Waals surface area contributed by atoms with Crippen LogP contribution in [0.2, 0.25) is 0 Å². The van der Waals surface area contributed by atoms with Gasteiger partial charge in [0, 0.05) is 12.1 Å². The Morgan fingerprint density at radius 2 is 1.81 bits per heavy atom. The maximum atomic E-state index is 14.0. The van der Waals surface area contributed by atoms with E-state index in [2.05, 4.69) is 9.69 Å². The standard InChI is InChI=1S/C26H31N5O5S/c1-15(2)12-13-29-25(34)22(16-8-10-18(32)11-9-16)31(14-17-6-4-5-7-19(17)36-3)26(35)23-20(27)21(24(28)33)30-37-23/h4-11,15,22,32H,12-14,27H2,1-3H3,(H2,28,33)(H,29,34)/t22-/m0/s1. The number of rotatable bonds is 11. The Bertz CT molecular complexity index is 1260. The molecule has 2 aromatic carbocycles. The first-order valence-electron chi connectivity index (χ1n) is 11.7. The molecule has 1 atom stereocenters. The third-order valence-electron chi connectivity index (χ3n) is 5.74. The van der Waals surface area contributed by atoms with E-state index in [0.717, 1.165) is 18.0 Å². The lowest BCUT2D eigenvalue weighted by Gasteiger charge is -2.32. The minimum absolute atomic E-state index is 0.0116. The van der Waals surface area contributed by atoms with Crippen molar-refractivity contribution in [3.05, 3.63) is 70.2 Å². The number of aromatic hydroxyl groups is 1. The number of carbonyl (C=O) groups excluding carboxylic acids is 3. The summed E-state index contributed by atoms with van der Waals surface area (Å²) in [4.78, 5) is 40.6. The van der Waals surface area contributed by atoms with Crippen molar-refractivity contribution in [3.8, 4) is 11.5 Å². The molecule has 0 unspecified atom stereocenters. The molecule has 0 aliphatic carbocycles. The number of nitrogen functional groups attached to an aromatic ring is 1. The van der Waals surface area contributed by atoms with E-state index in [-0.39, 0.29) is 28.6 Å². The SMILES string of the molecule is COc1ccccc1CN(C(=O)c1snc(C(N)=O)c1N)[C@H](C(=O)NCCC(C)C)c1ccc(O)cc1. The van der Waals surface area contributed by atoms with Gasteiger partial charge in [-0.2, -0.15) is 4.37 Å². The fraction of sp³-hybridized carbons (Fsp3) is 0.308. The number of nitrogens with zero attached hydrogens (tertiary/aromatic N) is 2. The molecule has 0 saturated heterocycles. The van der Waals surface area contributed by atoms with Crippen molar-refractivity contribution in [1.82, 2.24) is 14.6 Å². The number of hydrogen-bond acceptors (Lipinski definition) is 8. The van der Waals surface area contributed by atoms with Crippen molar-refractivity contribution in [3.63, 3.8) is 0 Å². The highest BCUT2D eigenvalue weighted by Gasteiger charge is 2.35. The fourth-order valence-electron chi connectivity index (χ4n) is 3.77. The lowest BCUT2D eigenvalue weighted by atomic mass is 10.0. The number of methoxy groups -OCH3 is 1. The number of nitrogens with one attached hydrogen (secondary N) is 1. The molecule has 6 N–H and O–H groups in total. The van der Waals surface area contributed by atoms with Gasteiger partial charge in [0.2, 0.25) is 5.91 Å². The topological polar surface area (TPSA) is 161 Å². The summed E-state index contributed by atoms with van der Waals surface area (Å²) in [6.45, 7) is 4.49. The zero-order valence-electron chi connectivity index (χ0n) is 20.9. The van der Waals surface area contributed by atoms with E-state index in [0.29, 0.717) is 29.3 Å². The normalized spacial score (nSPS) is 11.7. The van der Waals surface area contributed by atoms with E-state index in [4.69, 9.17) is 16.2 Å². The van der Waals surface area contributed by atoms with E-state index in [1.165, 1.54) is 24.1 Å². The van der Waals surface area contributed by atoms with Crippen LogP contribution < -0.4 is 21.5 Å². The van der Waals surface area contributed by atoms with Crippen molar-refractivity contribution in [2.45, 2.75) is 32.9 Å². The minimum Gasteiger partial charge on any atom is -0.508 e. The zero-order chi connectivity index (χ0) is 27.1. The first-order valence-corrected chi connectivity index (χ1v) is 12.5. The molecule has 1 heterocycles. The van der Waals surface area contributed by atoms with Gasteiger partial charge < -0.3 is 31.5 Å². The van der Waals surface area contributed by atoms with Gasteiger partial charge in [0.1, 0.15) is 22.4 Å². The average Bonchev–Trinajstić information content (AvgIpc) is 3.25.